The van der Waals surface area contributed by atoms with E-state index in [1.54, 1.807) is 13.0 Å². The van der Waals surface area contributed by atoms with Crippen molar-refractivity contribution < 1.29 is 33.3 Å². The molecule has 0 saturated carbocycles. The molecule has 0 aromatic heterocycles. The minimum atomic E-state index is -0.458. The van der Waals surface area contributed by atoms with E-state index in [9.17, 15) is 14.4 Å². The number of amides is 3. The van der Waals surface area contributed by atoms with Crippen molar-refractivity contribution in [3.63, 3.8) is 0 Å². The Morgan fingerprint density at radius 3 is 2.54 bits per heavy atom. The number of hydrogen-bond acceptors (Lipinski definition) is 7. The largest absolute Gasteiger partial charge is 0.459 e. The van der Waals surface area contributed by atoms with E-state index >= 15 is 0 Å². The summed E-state index contributed by atoms with van der Waals surface area (Å²) in [5, 5.41) is 8.76. The molecule has 3 rings (SSSR count). The van der Waals surface area contributed by atoms with Gasteiger partial charge in [-0.2, -0.15) is 0 Å². The molecule has 0 bridgehead atoms. The first kappa shape index (κ1) is 32.8. The number of carbonyl (C=O) groups excluding carboxylic acids is 3. The number of ether oxygens (including phenoxy) is 4. The lowest BCUT2D eigenvalue weighted by atomic mass is 9.88. The Bertz CT molecular complexity index is 990. The van der Waals surface area contributed by atoms with E-state index in [-0.39, 0.29) is 59.9 Å². The van der Waals surface area contributed by atoms with Gasteiger partial charge in [0.15, 0.2) is 0 Å². The molecule has 3 saturated heterocycles. The summed E-state index contributed by atoms with van der Waals surface area (Å²) in [6.07, 6.45) is 12.8. The molecule has 8 unspecified atom stereocenters. The average molecular weight is 576 g/mol. The van der Waals surface area contributed by atoms with Crippen molar-refractivity contribution in [2.75, 3.05) is 19.7 Å². The quantitative estimate of drug-likeness (QED) is 0.140. The van der Waals surface area contributed by atoms with Gasteiger partial charge in [-0.25, -0.2) is 4.79 Å². The van der Waals surface area contributed by atoms with Crippen molar-refractivity contribution in [2.45, 2.75) is 116 Å². The van der Waals surface area contributed by atoms with Crippen molar-refractivity contribution in [3.05, 3.63) is 36.0 Å². The summed E-state index contributed by atoms with van der Waals surface area (Å²) in [6, 6.07) is -0.254. The summed E-state index contributed by atoms with van der Waals surface area (Å²) in [4.78, 5) is 35.3. The first-order valence-electron chi connectivity index (χ1n) is 15.0. The lowest BCUT2D eigenvalue weighted by Crippen LogP contribution is -2.50. The predicted octanol–water partition coefficient (Wildman–Crippen LogP) is 3.71. The fourth-order valence-corrected chi connectivity index (χ4v) is 5.38. The van der Waals surface area contributed by atoms with Crippen LogP contribution in [0.5, 0.6) is 0 Å². The van der Waals surface area contributed by atoms with Gasteiger partial charge < -0.3 is 34.9 Å². The molecule has 0 radical (unpaired) electrons. The van der Waals surface area contributed by atoms with Crippen molar-refractivity contribution >= 4 is 17.9 Å². The first-order chi connectivity index (χ1) is 19.5. The maximum Gasteiger partial charge on any atom is 0.314 e. The second-order valence-corrected chi connectivity index (χ2v) is 11.7. The van der Waals surface area contributed by atoms with Crippen molar-refractivity contribution in [3.8, 4) is 0 Å². The van der Waals surface area contributed by atoms with E-state index < -0.39 is 6.10 Å². The number of rotatable bonds is 12. The SMILES string of the molecule is CCCNC(=O)NCC1CC2(CO2)CC(C=CC(C)=CCC2OC(C)C(NC(=O)C=CC(C)OC(C)=O)CC2C)O1. The van der Waals surface area contributed by atoms with Crippen molar-refractivity contribution in [1.82, 2.24) is 16.0 Å². The minimum absolute atomic E-state index is 0.0596. The smallest absolute Gasteiger partial charge is 0.314 e. The van der Waals surface area contributed by atoms with Gasteiger partial charge in [0.2, 0.25) is 5.91 Å². The van der Waals surface area contributed by atoms with Crippen molar-refractivity contribution in [1.29, 1.82) is 0 Å². The molecule has 0 aromatic rings. The van der Waals surface area contributed by atoms with E-state index in [1.165, 1.54) is 13.0 Å². The molecule has 0 aromatic carbocycles. The third-order valence-electron chi connectivity index (χ3n) is 7.78. The van der Waals surface area contributed by atoms with Crippen LogP contribution in [0.15, 0.2) is 36.0 Å². The van der Waals surface area contributed by atoms with Crippen LogP contribution in [0, 0.1) is 5.92 Å². The van der Waals surface area contributed by atoms with Crippen molar-refractivity contribution in [2.24, 2.45) is 5.92 Å². The zero-order chi connectivity index (χ0) is 30.0. The van der Waals surface area contributed by atoms with Crippen LogP contribution in [0.25, 0.3) is 0 Å². The monoisotopic (exact) mass is 575 g/mol. The molecule has 3 aliphatic rings. The molecule has 3 aliphatic heterocycles. The molecule has 10 nitrogen and oxygen atoms in total. The molecule has 41 heavy (non-hydrogen) atoms. The third kappa shape index (κ3) is 11.2. The highest BCUT2D eigenvalue weighted by molar-refractivity contribution is 5.87. The second-order valence-electron chi connectivity index (χ2n) is 11.7. The number of allylic oxidation sites excluding steroid dienone is 2. The number of urea groups is 1. The summed E-state index contributed by atoms with van der Waals surface area (Å²) < 4.78 is 23.3. The average Bonchev–Trinajstić information content (AvgIpc) is 3.66. The number of nitrogens with one attached hydrogen (secondary N) is 3. The van der Waals surface area contributed by atoms with E-state index in [0.717, 1.165) is 44.3 Å². The second kappa shape index (κ2) is 15.5. The normalized spacial score (nSPS) is 32.6. The van der Waals surface area contributed by atoms with Crippen LogP contribution in [0.2, 0.25) is 0 Å². The van der Waals surface area contributed by atoms with E-state index in [4.69, 9.17) is 18.9 Å². The van der Waals surface area contributed by atoms with Crippen LogP contribution in [0.4, 0.5) is 4.79 Å². The molecule has 3 amide bonds. The maximum absolute atomic E-state index is 12.4. The summed E-state index contributed by atoms with van der Waals surface area (Å²) >= 11 is 0. The molecule has 1 spiro atoms. The van der Waals surface area contributed by atoms with Crippen LogP contribution < -0.4 is 16.0 Å². The Morgan fingerprint density at radius 1 is 1.10 bits per heavy atom. The van der Waals surface area contributed by atoms with Crippen LogP contribution in [-0.4, -0.2) is 79.8 Å². The molecule has 3 heterocycles. The molecule has 3 N–H and O–H groups in total. The van der Waals surface area contributed by atoms with Gasteiger partial charge in [0.1, 0.15) is 6.10 Å². The zero-order valence-corrected chi connectivity index (χ0v) is 25.4. The fraction of sp³-hybridized carbons (Fsp3) is 0.710. The van der Waals surface area contributed by atoms with E-state index in [2.05, 4.69) is 48.0 Å². The number of epoxide rings is 1. The molecule has 10 heteroatoms. The van der Waals surface area contributed by atoms with Crippen LogP contribution in [0.1, 0.15) is 73.6 Å². The molecular formula is C31H49N3O7. The predicted molar refractivity (Wildman–Crippen MR) is 156 cm³/mol. The van der Waals surface area contributed by atoms with Gasteiger partial charge in [0, 0.05) is 38.9 Å². The van der Waals surface area contributed by atoms with Gasteiger partial charge in [-0.1, -0.05) is 37.6 Å². The minimum Gasteiger partial charge on any atom is -0.459 e. The van der Waals surface area contributed by atoms with Gasteiger partial charge in [-0.3, -0.25) is 9.59 Å². The Kier molecular flexibility index (Phi) is 12.4. The highest BCUT2D eigenvalue weighted by atomic mass is 16.6. The third-order valence-corrected chi connectivity index (χ3v) is 7.78. The van der Waals surface area contributed by atoms with Crippen LogP contribution >= 0.6 is 0 Å². The highest BCUT2D eigenvalue weighted by Gasteiger charge is 2.51. The standard InChI is InChI=1S/C31H49N3O7/c1-7-14-32-30(37)33-18-26-17-31(19-38-31)16-25(41-26)11-8-20(2)9-12-28-21(3)15-27(23(5)40-28)34-29(36)13-10-22(4)39-24(6)35/h8-11,13,21-23,25-28H,7,12,14-19H2,1-6H3,(H,34,36)(H2,32,33,37). The number of esters is 1. The highest BCUT2D eigenvalue weighted by Crippen LogP contribution is 2.42. The Balaban J connectivity index is 1.45. The van der Waals surface area contributed by atoms with E-state index in [0.29, 0.717) is 13.1 Å². The van der Waals surface area contributed by atoms with Gasteiger partial charge in [0.05, 0.1) is 42.7 Å². The molecular weight excluding hydrogens is 526 g/mol. The molecule has 8 atom stereocenters. The number of hydrogen-bond donors (Lipinski definition) is 3. The fourth-order valence-electron chi connectivity index (χ4n) is 5.38. The van der Waals surface area contributed by atoms with Crippen LogP contribution in [-0.2, 0) is 28.5 Å². The summed E-state index contributed by atoms with van der Waals surface area (Å²) in [6.45, 7) is 13.1. The van der Waals surface area contributed by atoms with E-state index in [1.807, 2.05) is 13.8 Å². The zero-order valence-electron chi connectivity index (χ0n) is 25.4. The topological polar surface area (TPSA) is 128 Å². The summed E-state index contributed by atoms with van der Waals surface area (Å²) in [5.41, 5.74) is 1.01. The number of carbonyl (C=O) groups is 3. The molecule has 230 valence electrons. The maximum atomic E-state index is 12.4. The van der Waals surface area contributed by atoms with Gasteiger partial charge in [-0.05, 0) is 52.0 Å². The molecule has 0 aliphatic carbocycles. The van der Waals surface area contributed by atoms with Gasteiger partial charge in [0.25, 0.3) is 0 Å². The lowest BCUT2D eigenvalue weighted by molar-refractivity contribution is -0.143. The Morgan fingerprint density at radius 2 is 1.85 bits per heavy atom. The van der Waals surface area contributed by atoms with Gasteiger partial charge in [-0.15, -0.1) is 0 Å². The van der Waals surface area contributed by atoms with Crippen LogP contribution in [0.3, 0.4) is 0 Å². The first-order valence-corrected chi connectivity index (χ1v) is 15.0. The molecule has 3 fully saturated rings. The summed E-state index contributed by atoms with van der Waals surface area (Å²) in [5.74, 6) is -0.339. The lowest BCUT2D eigenvalue weighted by Gasteiger charge is -2.39. The summed E-state index contributed by atoms with van der Waals surface area (Å²) in [7, 11) is 0. The van der Waals surface area contributed by atoms with Gasteiger partial charge >= 0.3 is 12.0 Å². The Hall–Kier alpha value is -2.69. The Labute approximate surface area is 244 Å².